The molecule has 0 fully saturated rings. The molecule has 22 heavy (non-hydrogen) atoms. The van der Waals surface area contributed by atoms with Crippen molar-refractivity contribution < 1.29 is 18.4 Å². The smallest absolute Gasteiger partial charge is 0.277 e. The summed E-state index contributed by atoms with van der Waals surface area (Å²) in [4.78, 5) is 23.5. The molecular formula is C14H20ClF2N3O2. The van der Waals surface area contributed by atoms with Crippen LogP contribution in [0.15, 0.2) is 24.3 Å². The molecule has 0 aliphatic rings. The molecule has 0 atom stereocenters. The summed E-state index contributed by atoms with van der Waals surface area (Å²) in [6.45, 7) is 0.765. The van der Waals surface area contributed by atoms with Crippen molar-refractivity contribution in [2.75, 3.05) is 19.6 Å². The molecule has 4 N–H and O–H groups in total. The maximum Gasteiger partial charge on any atom is 0.277 e. The minimum Gasteiger partial charge on any atom is -0.352 e. The second kappa shape index (κ2) is 9.32. The van der Waals surface area contributed by atoms with E-state index in [1.807, 2.05) is 6.92 Å². The predicted octanol–water partition coefficient (Wildman–Crippen LogP) is 1.57. The van der Waals surface area contributed by atoms with Crippen molar-refractivity contribution in [1.29, 1.82) is 0 Å². The third-order valence-corrected chi connectivity index (χ3v) is 2.73. The lowest BCUT2D eigenvalue weighted by Gasteiger charge is -2.14. The maximum atomic E-state index is 13.0. The Morgan fingerprint density at radius 2 is 1.73 bits per heavy atom. The third kappa shape index (κ3) is 6.36. The molecule has 0 spiro atoms. The van der Waals surface area contributed by atoms with Crippen molar-refractivity contribution >= 4 is 24.2 Å². The quantitative estimate of drug-likeness (QED) is 0.707. The molecule has 8 heteroatoms. The molecule has 0 radical (unpaired) electrons. The Morgan fingerprint density at radius 1 is 1.18 bits per heavy atom. The van der Waals surface area contributed by atoms with Crippen LogP contribution in [0.4, 0.5) is 8.78 Å². The molecule has 0 unspecified atom stereocenters. The molecule has 5 nitrogen and oxygen atoms in total. The number of carbonyl (C=O) groups excluding carboxylic acids is 2. The van der Waals surface area contributed by atoms with Gasteiger partial charge in [-0.3, -0.25) is 9.59 Å². The SMILES string of the molecule is CCCNC(=O)c1cccc(C(=O)NCC(F)(F)CN)c1.Cl. The summed E-state index contributed by atoms with van der Waals surface area (Å²) in [5.74, 6) is -4.13. The van der Waals surface area contributed by atoms with Gasteiger partial charge in [-0.05, 0) is 24.6 Å². The Bertz CT molecular complexity index is 513. The van der Waals surface area contributed by atoms with Crippen LogP contribution in [0.5, 0.6) is 0 Å². The molecule has 0 saturated heterocycles. The fourth-order valence-corrected chi connectivity index (χ4v) is 1.53. The Kier molecular flexibility index (Phi) is 8.59. The summed E-state index contributed by atoms with van der Waals surface area (Å²) in [6, 6.07) is 5.89. The number of amides is 2. The van der Waals surface area contributed by atoms with Gasteiger partial charge in [0.2, 0.25) is 0 Å². The van der Waals surface area contributed by atoms with E-state index in [9.17, 15) is 18.4 Å². The van der Waals surface area contributed by atoms with E-state index in [1.54, 1.807) is 6.07 Å². The van der Waals surface area contributed by atoms with Crippen LogP contribution >= 0.6 is 12.4 Å². The number of rotatable bonds is 7. The third-order valence-electron chi connectivity index (χ3n) is 2.73. The normalized spacial score (nSPS) is 10.5. The fraction of sp³-hybridized carbons (Fsp3) is 0.429. The van der Waals surface area contributed by atoms with E-state index >= 15 is 0 Å². The molecule has 1 rings (SSSR count). The van der Waals surface area contributed by atoms with Crippen molar-refractivity contribution in [3.05, 3.63) is 35.4 Å². The second-order valence-corrected chi connectivity index (χ2v) is 4.58. The lowest BCUT2D eigenvalue weighted by Crippen LogP contribution is -2.41. The molecule has 1 aromatic rings. The maximum absolute atomic E-state index is 13.0. The minimum atomic E-state index is -3.15. The van der Waals surface area contributed by atoms with Gasteiger partial charge in [0.15, 0.2) is 0 Å². The first-order valence-corrected chi connectivity index (χ1v) is 6.64. The highest BCUT2D eigenvalue weighted by Gasteiger charge is 2.27. The Labute approximate surface area is 134 Å². The lowest BCUT2D eigenvalue weighted by molar-refractivity contribution is 0.0118. The van der Waals surface area contributed by atoms with Crippen LogP contribution in [0.1, 0.15) is 34.1 Å². The first-order valence-electron chi connectivity index (χ1n) is 6.64. The van der Waals surface area contributed by atoms with E-state index < -0.39 is 24.9 Å². The number of hydrogen-bond acceptors (Lipinski definition) is 3. The molecular weight excluding hydrogens is 316 g/mol. The van der Waals surface area contributed by atoms with E-state index in [0.29, 0.717) is 12.1 Å². The van der Waals surface area contributed by atoms with E-state index in [1.165, 1.54) is 18.2 Å². The first-order chi connectivity index (χ1) is 9.89. The van der Waals surface area contributed by atoms with Gasteiger partial charge in [0, 0.05) is 17.7 Å². The molecule has 1 aromatic carbocycles. The number of alkyl halides is 2. The van der Waals surface area contributed by atoms with Crippen molar-refractivity contribution in [2.24, 2.45) is 5.73 Å². The Balaban J connectivity index is 0.00000441. The number of carbonyl (C=O) groups is 2. The van der Waals surface area contributed by atoms with Gasteiger partial charge in [-0.1, -0.05) is 13.0 Å². The second-order valence-electron chi connectivity index (χ2n) is 4.58. The van der Waals surface area contributed by atoms with E-state index in [-0.39, 0.29) is 23.9 Å². The molecule has 0 aliphatic heterocycles. The predicted molar refractivity (Wildman–Crippen MR) is 82.6 cm³/mol. The first kappa shape index (κ1) is 20.3. The van der Waals surface area contributed by atoms with Crippen molar-refractivity contribution in [1.82, 2.24) is 10.6 Å². The van der Waals surface area contributed by atoms with E-state index in [0.717, 1.165) is 6.42 Å². The van der Waals surface area contributed by atoms with Gasteiger partial charge in [-0.15, -0.1) is 12.4 Å². The molecule has 0 aromatic heterocycles. The van der Waals surface area contributed by atoms with E-state index in [2.05, 4.69) is 10.6 Å². The largest absolute Gasteiger partial charge is 0.352 e. The number of nitrogens with two attached hydrogens (primary N) is 1. The van der Waals surface area contributed by atoms with Crippen LogP contribution in [0.25, 0.3) is 0 Å². The standard InChI is InChI=1S/C14H19F2N3O2.ClH/c1-2-6-18-12(20)10-4-3-5-11(7-10)13(21)19-9-14(15,16)8-17;/h3-5,7H,2,6,8-9,17H2,1H3,(H,18,20)(H,19,21);1H. The van der Waals surface area contributed by atoms with Crippen LogP contribution in [0.3, 0.4) is 0 Å². The van der Waals surface area contributed by atoms with Gasteiger partial charge in [0.05, 0.1) is 13.1 Å². The molecule has 0 bridgehead atoms. The van der Waals surface area contributed by atoms with Crippen LogP contribution in [-0.2, 0) is 0 Å². The minimum absolute atomic E-state index is 0. The zero-order chi connectivity index (χ0) is 15.9. The number of benzene rings is 1. The fourth-order valence-electron chi connectivity index (χ4n) is 1.53. The van der Waals surface area contributed by atoms with Crippen molar-refractivity contribution in [2.45, 2.75) is 19.3 Å². The average molecular weight is 336 g/mol. The Morgan fingerprint density at radius 3 is 2.23 bits per heavy atom. The topological polar surface area (TPSA) is 84.2 Å². The van der Waals surface area contributed by atoms with Crippen LogP contribution in [-0.4, -0.2) is 37.4 Å². The van der Waals surface area contributed by atoms with Gasteiger partial charge in [0.1, 0.15) is 0 Å². The molecule has 0 heterocycles. The van der Waals surface area contributed by atoms with Crippen molar-refractivity contribution in [3.63, 3.8) is 0 Å². The zero-order valence-corrected chi connectivity index (χ0v) is 13.0. The molecule has 0 saturated carbocycles. The Hall–Kier alpha value is -1.73. The van der Waals surface area contributed by atoms with Crippen molar-refractivity contribution in [3.8, 4) is 0 Å². The molecule has 0 aliphatic carbocycles. The van der Waals surface area contributed by atoms with Gasteiger partial charge >= 0.3 is 0 Å². The summed E-state index contributed by atoms with van der Waals surface area (Å²) in [6.07, 6.45) is 0.792. The zero-order valence-electron chi connectivity index (χ0n) is 12.2. The highest BCUT2D eigenvalue weighted by atomic mass is 35.5. The van der Waals surface area contributed by atoms with Crippen LogP contribution in [0, 0.1) is 0 Å². The summed E-state index contributed by atoms with van der Waals surface area (Å²) < 4.78 is 25.9. The van der Waals surface area contributed by atoms with Gasteiger partial charge in [-0.25, -0.2) is 8.78 Å². The summed E-state index contributed by atoms with van der Waals surface area (Å²) in [7, 11) is 0. The lowest BCUT2D eigenvalue weighted by atomic mass is 10.1. The summed E-state index contributed by atoms with van der Waals surface area (Å²) in [5.41, 5.74) is 5.34. The average Bonchev–Trinajstić information content (AvgIpc) is 2.50. The van der Waals surface area contributed by atoms with E-state index in [4.69, 9.17) is 5.73 Å². The number of nitrogens with one attached hydrogen (secondary N) is 2. The van der Waals surface area contributed by atoms with Crippen LogP contribution in [0.2, 0.25) is 0 Å². The summed E-state index contributed by atoms with van der Waals surface area (Å²) >= 11 is 0. The monoisotopic (exact) mass is 335 g/mol. The van der Waals surface area contributed by atoms with Crippen LogP contribution < -0.4 is 16.4 Å². The summed E-state index contributed by atoms with van der Waals surface area (Å²) in [5, 5.41) is 4.77. The molecule has 124 valence electrons. The van der Waals surface area contributed by atoms with Gasteiger partial charge < -0.3 is 16.4 Å². The molecule has 2 amide bonds. The van der Waals surface area contributed by atoms with Gasteiger partial charge in [-0.2, -0.15) is 0 Å². The highest BCUT2D eigenvalue weighted by molar-refractivity contribution is 5.99. The number of hydrogen-bond donors (Lipinski definition) is 3. The highest BCUT2D eigenvalue weighted by Crippen LogP contribution is 2.10. The number of halogens is 3. The van der Waals surface area contributed by atoms with Gasteiger partial charge in [0.25, 0.3) is 17.7 Å².